The predicted octanol–water partition coefficient (Wildman–Crippen LogP) is 3.85. The molecular formula is C19H16N2O2. The molecule has 0 fully saturated rings. The van der Waals surface area contributed by atoms with Crippen LogP contribution in [0.4, 0.5) is 0 Å². The predicted molar refractivity (Wildman–Crippen MR) is 88.7 cm³/mol. The third-order valence-electron chi connectivity index (χ3n) is 4.01. The fraction of sp³-hybridized carbons (Fsp3) is 0.158. The summed E-state index contributed by atoms with van der Waals surface area (Å²) in [4.78, 5) is 12.5. The molecule has 0 spiro atoms. The van der Waals surface area contributed by atoms with Crippen molar-refractivity contribution in [1.29, 1.82) is 5.26 Å². The van der Waals surface area contributed by atoms with Crippen LogP contribution in [0.2, 0.25) is 0 Å². The summed E-state index contributed by atoms with van der Waals surface area (Å²) in [6, 6.07) is 15.2. The average molecular weight is 304 g/mol. The smallest absolute Gasteiger partial charge is 0.269 e. The van der Waals surface area contributed by atoms with E-state index in [9.17, 15) is 10.1 Å². The molecule has 2 aromatic carbocycles. The van der Waals surface area contributed by atoms with Crippen LogP contribution in [0.5, 0.6) is 5.75 Å². The summed E-state index contributed by atoms with van der Waals surface area (Å²) < 4.78 is 7.16. The molecule has 0 saturated carbocycles. The number of aromatic nitrogens is 1. The molecule has 0 aliphatic carbocycles. The Morgan fingerprint density at radius 1 is 1.17 bits per heavy atom. The molecule has 3 aromatic rings. The topological polar surface area (TPSA) is 55.0 Å². The lowest BCUT2D eigenvalue weighted by Gasteiger charge is -2.11. The van der Waals surface area contributed by atoms with Crippen LogP contribution in [0.25, 0.3) is 10.9 Å². The highest BCUT2D eigenvalue weighted by molar-refractivity contribution is 5.96. The van der Waals surface area contributed by atoms with Gasteiger partial charge in [-0.15, -0.1) is 0 Å². The maximum Gasteiger partial charge on any atom is 0.269 e. The molecule has 1 aromatic heterocycles. The van der Waals surface area contributed by atoms with Crippen molar-refractivity contribution in [3.05, 3.63) is 65.4 Å². The molecular weight excluding hydrogens is 288 g/mol. The van der Waals surface area contributed by atoms with E-state index in [2.05, 4.69) is 6.07 Å². The van der Waals surface area contributed by atoms with Crippen molar-refractivity contribution in [2.24, 2.45) is 0 Å². The van der Waals surface area contributed by atoms with Crippen molar-refractivity contribution in [2.45, 2.75) is 13.8 Å². The van der Waals surface area contributed by atoms with E-state index < -0.39 is 0 Å². The maximum absolute atomic E-state index is 12.5. The normalized spacial score (nSPS) is 10.5. The van der Waals surface area contributed by atoms with Crippen molar-refractivity contribution >= 4 is 16.8 Å². The Morgan fingerprint density at radius 3 is 2.74 bits per heavy atom. The molecule has 4 nitrogen and oxygen atoms in total. The van der Waals surface area contributed by atoms with Crippen LogP contribution in [0, 0.1) is 25.2 Å². The zero-order valence-corrected chi connectivity index (χ0v) is 13.0. The number of rotatable bonds is 3. The molecule has 0 aliphatic heterocycles. The van der Waals surface area contributed by atoms with E-state index in [1.807, 2.05) is 56.3 Å². The Kier molecular flexibility index (Phi) is 3.86. The molecule has 4 heteroatoms. The van der Waals surface area contributed by atoms with Gasteiger partial charge in [-0.05, 0) is 37.1 Å². The number of ether oxygens (including phenoxy) is 1. The van der Waals surface area contributed by atoms with Gasteiger partial charge in [0.2, 0.25) is 0 Å². The lowest BCUT2D eigenvalue weighted by molar-refractivity contribution is 0.0842. The van der Waals surface area contributed by atoms with Gasteiger partial charge in [-0.1, -0.05) is 30.3 Å². The fourth-order valence-corrected chi connectivity index (χ4v) is 2.56. The van der Waals surface area contributed by atoms with E-state index in [0.717, 1.165) is 22.0 Å². The second kappa shape index (κ2) is 5.98. The summed E-state index contributed by atoms with van der Waals surface area (Å²) in [6.45, 7) is 3.89. The SMILES string of the molecule is Cc1cccc(OCC(=O)n2cc(C#N)c3ccccc32)c1C. The van der Waals surface area contributed by atoms with E-state index in [4.69, 9.17) is 4.74 Å². The number of nitrogens with zero attached hydrogens (tertiary/aromatic N) is 2. The second-order valence-corrected chi connectivity index (χ2v) is 5.42. The highest BCUT2D eigenvalue weighted by atomic mass is 16.5. The van der Waals surface area contributed by atoms with E-state index in [1.165, 1.54) is 4.57 Å². The molecule has 1 heterocycles. The molecule has 114 valence electrons. The number of aryl methyl sites for hydroxylation is 1. The Bertz CT molecular complexity index is 932. The van der Waals surface area contributed by atoms with Crippen molar-refractivity contribution in [3.63, 3.8) is 0 Å². The number of carbonyl (C=O) groups excluding carboxylic acids is 1. The summed E-state index contributed by atoms with van der Waals surface area (Å²) in [5.74, 6) is 0.499. The van der Waals surface area contributed by atoms with Gasteiger partial charge >= 0.3 is 0 Å². The van der Waals surface area contributed by atoms with Gasteiger partial charge in [0.1, 0.15) is 11.8 Å². The summed E-state index contributed by atoms with van der Waals surface area (Å²) in [5, 5.41) is 9.97. The Morgan fingerprint density at radius 2 is 1.96 bits per heavy atom. The molecule has 0 unspecified atom stereocenters. The number of hydrogen-bond donors (Lipinski definition) is 0. The number of para-hydroxylation sites is 1. The van der Waals surface area contributed by atoms with Crippen molar-refractivity contribution in [1.82, 2.24) is 4.57 Å². The fourth-order valence-electron chi connectivity index (χ4n) is 2.56. The van der Waals surface area contributed by atoms with E-state index >= 15 is 0 Å². The Hall–Kier alpha value is -3.06. The highest BCUT2D eigenvalue weighted by Crippen LogP contribution is 2.22. The van der Waals surface area contributed by atoms with Gasteiger partial charge in [0, 0.05) is 11.6 Å². The van der Waals surface area contributed by atoms with Crippen LogP contribution in [0.3, 0.4) is 0 Å². The number of nitriles is 1. The lowest BCUT2D eigenvalue weighted by atomic mass is 10.1. The van der Waals surface area contributed by atoms with Crippen LogP contribution in [-0.2, 0) is 0 Å². The first kappa shape index (κ1) is 14.9. The van der Waals surface area contributed by atoms with Gasteiger partial charge in [0.25, 0.3) is 5.91 Å². The van der Waals surface area contributed by atoms with Gasteiger partial charge in [-0.2, -0.15) is 5.26 Å². The zero-order valence-electron chi connectivity index (χ0n) is 13.0. The number of fused-ring (bicyclic) bond motifs is 1. The molecule has 0 radical (unpaired) electrons. The molecule has 0 bridgehead atoms. The van der Waals surface area contributed by atoms with Crippen molar-refractivity contribution < 1.29 is 9.53 Å². The standard InChI is InChI=1S/C19H16N2O2/c1-13-6-5-9-18(14(13)2)23-12-19(22)21-11-15(10-20)16-7-3-4-8-17(16)21/h3-9,11H,12H2,1-2H3. The van der Waals surface area contributed by atoms with E-state index in [1.54, 1.807) is 6.20 Å². The minimum atomic E-state index is -0.205. The molecule has 0 aliphatic rings. The van der Waals surface area contributed by atoms with Crippen LogP contribution in [0.15, 0.2) is 48.7 Å². The molecule has 0 atom stereocenters. The molecule has 0 N–H and O–H groups in total. The minimum Gasteiger partial charge on any atom is -0.483 e. The van der Waals surface area contributed by atoms with Crippen LogP contribution >= 0.6 is 0 Å². The van der Waals surface area contributed by atoms with Gasteiger partial charge in [0.05, 0.1) is 11.1 Å². The van der Waals surface area contributed by atoms with Crippen LogP contribution in [0.1, 0.15) is 21.5 Å². The molecule has 0 amide bonds. The van der Waals surface area contributed by atoms with Gasteiger partial charge in [0.15, 0.2) is 6.61 Å². The zero-order chi connectivity index (χ0) is 16.4. The van der Waals surface area contributed by atoms with Crippen molar-refractivity contribution in [2.75, 3.05) is 6.61 Å². The summed E-state index contributed by atoms with van der Waals surface area (Å²) in [5.41, 5.74) is 3.35. The van der Waals surface area contributed by atoms with E-state index in [0.29, 0.717) is 11.3 Å². The maximum atomic E-state index is 12.5. The summed E-state index contributed by atoms with van der Waals surface area (Å²) in [7, 11) is 0. The minimum absolute atomic E-state index is 0.0756. The third kappa shape index (κ3) is 2.69. The summed E-state index contributed by atoms with van der Waals surface area (Å²) >= 11 is 0. The molecule has 0 saturated heterocycles. The summed E-state index contributed by atoms with van der Waals surface area (Å²) in [6.07, 6.45) is 1.57. The van der Waals surface area contributed by atoms with Crippen molar-refractivity contribution in [3.8, 4) is 11.8 Å². The number of benzene rings is 2. The number of hydrogen-bond acceptors (Lipinski definition) is 3. The van der Waals surface area contributed by atoms with Gasteiger partial charge in [-0.25, -0.2) is 0 Å². The first-order chi connectivity index (χ1) is 11.1. The number of carbonyl (C=O) groups is 1. The monoisotopic (exact) mass is 304 g/mol. The van der Waals surface area contributed by atoms with Gasteiger partial charge in [-0.3, -0.25) is 9.36 Å². The van der Waals surface area contributed by atoms with E-state index in [-0.39, 0.29) is 12.5 Å². The third-order valence-corrected chi connectivity index (χ3v) is 4.01. The molecule has 3 rings (SSSR count). The first-order valence-electron chi connectivity index (χ1n) is 7.34. The molecule has 23 heavy (non-hydrogen) atoms. The Balaban J connectivity index is 1.87. The van der Waals surface area contributed by atoms with Gasteiger partial charge < -0.3 is 4.74 Å². The highest BCUT2D eigenvalue weighted by Gasteiger charge is 2.14. The average Bonchev–Trinajstić information content (AvgIpc) is 2.95. The Labute approximate surface area is 134 Å². The lowest BCUT2D eigenvalue weighted by Crippen LogP contribution is -2.18. The quantitative estimate of drug-likeness (QED) is 0.738. The van der Waals surface area contributed by atoms with Crippen LogP contribution in [-0.4, -0.2) is 17.1 Å². The second-order valence-electron chi connectivity index (χ2n) is 5.42. The van der Waals surface area contributed by atoms with Crippen LogP contribution < -0.4 is 4.74 Å². The largest absolute Gasteiger partial charge is 0.483 e. The first-order valence-corrected chi connectivity index (χ1v) is 7.34.